The van der Waals surface area contributed by atoms with E-state index in [0.717, 1.165) is 12.1 Å². The second-order valence-corrected chi connectivity index (χ2v) is 4.55. The molecule has 100 valence electrons. The van der Waals surface area contributed by atoms with Crippen LogP contribution in [0.15, 0.2) is 36.4 Å². The third-order valence-corrected chi connectivity index (χ3v) is 2.77. The Kier molecular flexibility index (Phi) is 4.22. The van der Waals surface area contributed by atoms with E-state index in [1.165, 1.54) is 24.3 Å². The Morgan fingerprint density at radius 1 is 0.947 bits per heavy atom. The van der Waals surface area contributed by atoms with Crippen LogP contribution >= 0.6 is 23.2 Å². The number of hydrogen-bond donors (Lipinski definition) is 0. The van der Waals surface area contributed by atoms with Gasteiger partial charge in [0.1, 0.15) is 11.6 Å². The second kappa shape index (κ2) is 5.72. The highest BCUT2D eigenvalue weighted by Gasteiger charge is 2.13. The molecule has 0 heterocycles. The van der Waals surface area contributed by atoms with Gasteiger partial charge < -0.3 is 4.74 Å². The summed E-state index contributed by atoms with van der Waals surface area (Å²) in [4.78, 5) is 0. The van der Waals surface area contributed by atoms with Crippen molar-refractivity contribution in [3.63, 3.8) is 0 Å². The van der Waals surface area contributed by atoms with Crippen molar-refractivity contribution in [2.24, 2.45) is 0 Å². The van der Waals surface area contributed by atoms with Crippen molar-refractivity contribution in [2.75, 3.05) is 0 Å². The molecule has 0 saturated heterocycles. The number of ether oxygens (including phenoxy) is 1. The molecule has 0 fully saturated rings. The predicted molar refractivity (Wildman–Crippen MR) is 68.5 cm³/mol. The highest BCUT2D eigenvalue weighted by Crippen LogP contribution is 2.34. The molecule has 0 bridgehead atoms. The molecular weight excluding hydrogens is 300 g/mol. The molecule has 0 aliphatic rings. The van der Waals surface area contributed by atoms with E-state index in [9.17, 15) is 13.2 Å². The smallest absolute Gasteiger partial charge is 0.387 e. The molecular formula is C13H7Cl2F3O. The summed E-state index contributed by atoms with van der Waals surface area (Å²) in [5.74, 6) is -0.944. The van der Waals surface area contributed by atoms with Crippen LogP contribution in [-0.2, 0) is 0 Å². The minimum Gasteiger partial charge on any atom is -0.434 e. The first-order valence-corrected chi connectivity index (χ1v) is 5.92. The number of alkyl halides is 2. The summed E-state index contributed by atoms with van der Waals surface area (Å²) in [5, 5.41) is 0.685. The van der Waals surface area contributed by atoms with E-state index in [1.54, 1.807) is 0 Å². The maximum atomic E-state index is 13.1. The van der Waals surface area contributed by atoms with E-state index in [2.05, 4.69) is 4.74 Å². The molecule has 6 heteroatoms. The van der Waals surface area contributed by atoms with Gasteiger partial charge in [0.05, 0.1) is 0 Å². The van der Waals surface area contributed by atoms with Gasteiger partial charge in [-0.25, -0.2) is 4.39 Å². The Morgan fingerprint density at radius 3 is 2.16 bits per heavy atom. The normalized spacial score (nSPS) is 10.8. The SMILES string of the molecule is Fc1ccc(-c2cc(Cl)cc(Cl)c2)c(OC(F)F)c1. The minimum atomic E-state index is -3.05. The van der Waals surface area contributed by atoms with Crippen LogP contribution in [0.4, 0.5) is 13.2 Å². The fourth-order valence-corrected chi connectivity index (χ4v) is 2.16. The molecule has 0 aromatic heterocycles. The number of halogens is 5. The number of hydrogen-bond acceptors (Lipinski definition) is 1. The number of benzene rings is 2. The van der Waals surface area contributed by atoms with E-state index >= 15 is 0 Å². The van der Waals surface area contributed by atoms with Crippen LogP contribution in [0.5, 0.6) is 5.75 Å². The topological polar surface area (TPSA) is 9.23 Å². The summed E-state index contributed by atoms with van der Waals surface area (Å²) in [6.07, 6.45) is 0. The third kappa shape index (κ3) is 3.55. The van der Waals surface area contributed by atoms with Crippen LogP contribution < -0.4 is 4.74 Å². The van der Waals surface area contributed by atoms with Crippen LogP contribution in [0.1, 0.15) is 0 Å². The van der Waals surface area contributed by atoms with Gasteiger partial charge in [-0.15, -0.1) is 0 Å². The van der Waals surface area contributed by atoms with Crippen molar-refractivity contribution in [3.8, 4) is 16.9 Å². The van der Waals surface area contributed by atoms with Gasteiger partial charge in [0.25, 0.3) is 0 Å². The molecule has 2 rings (SSSR count). The Balaban J connectivity index is 2.54. The van der Waals surface area contributed by atoms with Gasteiger partial charge in [0.15, 0.2) is 0 Å². The summed E-state index contributed by atoms with van der Waals surface area (Å²) in [5.41, 5.74) is 0.749. The quantitative estimate of drug-likeness (QED) is 0.737. The Morgan fingerprint density at radius 2 is 1.58 bits per heavy atom. The first-order valence-electron chi connectivity index (χ1n) is 5.16. The Labute approximate surface area is 117 Å². The Bertz CT molecular complexity index is 582. The van der Waals surface area contributed by atoms with Crippen molar-refractivity contribution < 1.29 is 17.9 Å². The van der Waals surface area contributed by atoms with Gasteiger partial charge in [-0.2, -0.15) is 8.78 Å². The van der Waals surface area contributed by atoms with Gasteiger partial charge in [-0.1, -0.05) is 23.2 Å². The van der Waals surface area contributed by atoms with Gasteiger partial charge in [-0.05, 0) is 35.9 Å². The average Bonchev–Trinajstić information content (AvgIpc) is 2.26. The van der Waals surface area contributed by atoms with Crippen LogP contribution in [-0.4, -0.2) is 6.61 Å². The standard InChI is InChI=1S/C13H7Cl2F3O/c14-8-3-7(4-9(15)5-8)11-2-1-10(16)6-12(11)19-13(17)18/h1-6,13H. The summed E-state index contributed by atoms with van der Waals surface area (Å²) in [6, 6.07) is 7.91. The molecule has 1 nitrogen and oxygen atoms in total. The molecule has 0 spiro atoms. The third-order valence-electron chi connectivity index (χ3n) is 2.33. The maximum Gasteiger partial charge on any atom is 0.387 e. The molecule has 2 aromatic carbocycles. The molecule has 0 aliphatic heterocycles. The highest BCUT2D eigenvalue weighted by molar-refractivity contribution is 6.35. The van der Waals surface area contributed by atoms with Crippen molar-refractivity contribution in [2.45, 2.75) is 6.61 Å². The lowest BCUT2D eigenvalue weighted by Gasteiger charge is -2.11. The van der Waals surface area contributed by atoms with Crippen molar-refractivity contribution in [1.82, 2.24) is 0 Å². The van der Waals surface area contributed by atoms with Gasteiger partial charge >= 0.3 is 6.61 Å². The lowest BCUT2D eigenvalue weighted by Crippen LogP contribution is -2.03. The van der Waals surface area contributed by atoms with E-state index in [0.29, 0.717) is 15.6 Å². The summed E-state index contributed by atoms with van der Waals surface area (Å²) < 4.78 is 42.0. The van der Waals surface area contributed by atoms with Crippen molar-refractivity contribution in [3.05, 3.63) is 52.3 Å². The fraction of sp³-hybridized carbons (Fsp3) is 0.0769. The zero-order valence-electron chi connectivity index (χ0n) is 9.34. The van der Waals surface area contributed by atoms with Gasteiger partial charge in [-0.3, -0.25) is 0 Å². The zero-order chi connectivity index (χ0) is 14.0. The summed E-state index contributed by atoms with van der Waals surface area (Å²) in [7, 11) is 0. The molecule has 0 amide bonds. The van der Waals surface area contributed by atoms with Crippen LogP contribution in [0, 0.1) is 5.82 Å². The van der Waals surface area contributed by atoms with Crippen molar-refractivity contribution in [1.29, 1.82) is 0 Å². The lowest BCUT2D eigenvalue weighted by atomic mass is 10.0. The van der Waals surface area contributed by atoms with Crippen LogP contribution in [0.2, 0.25) is 10.0 Å². The molecule has 0 N–H and O–H groups in total. The van der Waals surface area contributed by atoms with E-state index in [1.807, 2.05) is 0 Å². The lowest BCUT2D eigenvalue weighted by molar-refractivity contribution is -0.0495. The van der Waals surface area contributed by atoms with Crippen LogP contribution in [0.25, 0.3) is 11.1 Å². The van der Waals surface area contributed by atoms with Gasteiger partial charge in [0.2, 0.25) is 0 Å². The molecule has 0 unspecified atom stereocenters. The van der Waals surface area contributed by atoms with Crippen molar-refractivity contribution >= 4 is 23.2 Å². The minimum absolute atomic E-state index is 0.270. The summed E-state index contributed by atoms with van der Waals surface area (Å²) >= 11 is 11.7. The molecule has 19 heavy (non-hydrogen) atoms. The highest BCUT2D eigenvalue weighted by atomic mass is 35.5. The largest absolute Gasteiger partial charge is 0.434 e. The second-order valence-electron chi connectivity index (χ2n) is 3.68. The average molecular weight is 307 g/mol. The molecule has 0 aliphatic carbocycles. The molecule has 2 aromatic rings. The fourth-order valence-electron chi connectivity index (χ4n) is 1.64. The van der Waals surface area contributed by atoms with E-state index < -0.39 is 12.4 Å². The summed E-state index contributed by atoms with van der Waals surface area (Å²) in [6.45, 7) is -3.05. The van der Waals surface area contributed by atoms with E-state index in [-0.39, 0.29) is 11.3 Å². The zero-order valence-corrected chi connectivity index (χ0v) is 10.9. The predicted octanol–water partition coefficient (Wildman–Crippen LogP) is 5.40. The molecule has 0 saturated carbocycles. The number of rotatable bonds is 3. The Hall–Kier alpha value is -1.39. The van der Waals surface area contributed by atoms with Gasteiger partial charge in [0, 0.05) is 21.7 Å². The first-order chi connectivity index (χ1) is 8.95. The molecule has 0 atom stereocenters. The molecule has 0 radical (unpaired) electrons. The van der Waals surface area contributed by atoms with E-state index in [4.69, 9.17) is 23.2 Å². The van der Waals surface area contributed by atoms with Crippen LogP contribution in [0.3, 0.4) is 0 Å². The monoisotopic (exact) mass is 306 g/mol. The first kappa shape index (κ1) is 14.0. The maximum absolute atomic E-state index is 13.1.